The third kappa shape index (κ3) is 2.56. The van der Waals surface area contributed by atoms with Gasteiger partial charge >= 0.3 is 0 Å². The molecule has 0 spiro atoms. The quantitative estimate of drug-likeness (QED) is 0.633. The largest absolute Gasteiger partial charge is 0.333 e. The molecule has 4 heteroatoms. The Morgan fingerprint density at radius 3 is 2.74 bits per heavy atom. The Balaban J connectivity index is 1.87. The molecule has 0 aromatic carbocycles. The first-order chi connectivity index (χ1) is 9.33. The van der Waals surface area contributed by atoms with E-state index in [1.165, 1.54) is 0 Å². The van der Waals surface area contributed by atoms with Gasteiger partial charge in [0, 0.05) is 25.6 Å². The lowest BCUT2D eigenvalue weighted by atomic mass is 10.3. The number of nitrogens with zero attached hydrogens (tertiary/aromatic N) is 3. The third-order valence-electron chi connectivity index (χ3n) is 2.63. The molecule has 0 fully saturated rings. The fraction of sp³-hybridized carbons (Fsp3) is 0.0667. The second kappa shape index (κ2) is 5.09. The lowest BCUT2D eigenvalue weighted by molar-refractivity contribution is 0.928. The van der Waals surface area contributed by atoms with Crippen LogP contribution in [0.5, 0.6) is 0 Å². The molecule has 3 rings (SSSR count). The van der Waals surface area contributed by atoms with E-state index in [-0.39, 0.29) is 0 Å². The topological polar surface area (TPSA) is 30.7 Å². The van der Waals surface area contributed by atoms with Crippen LogP contribution in [0.4, 0.5) is 0 Å². The number of rotatable bonds is 1. The van der Waals surface area contributed by atoms with Crippen LogP contribution in [-0.4, -0.2) is 14.5 Å². The Morgan fingerprint density at radius 1 is 1.05 bits per heavy atom. The molecular weight excluding hydrogens is 254 g/mol. The second-order valence-corrected chi connectivity index (χ2v) is 5.07. The average Bonchev–Trinajstić information content (AvgIpc) is 3.06. The van der Waals surface area contributed by atoms with Gasteiger partial charge < -0.3 is 4.57 Å². The molecule has 0 aliphatic heterocycles. The van der Waals surface area contributed by atoms with Gasteiger partial charge in [0.1, 0.15) is 11.5 Å². The Kier molecular flexibility index (Phi) is 3.13. The monoisotopic (exact) mass is 265 g/mol. The molecule has 0 aliphatic rings. The van der Waals surface area contributed by atoms with Crippen LogP contribution in [-0.2, 0) is 7.05 Å². The van der Waals surface area contributed by atoms with Crippen molar-refractivity contribution in [2.45, 2.75) is 0 Å². The van der Waals surface area contributed by atoms with Gasteiger partial charge in [0.05, 0.1) is 9.75 Å². The normalized spacial score (nSPS) is 9.95. The summed E-state index contributed by atoms with van der Waals surface area (Å²) in [5.41, 5.74) is 0.787. The van der Waals surface area contributed by atoms with Crippen molar-refractivity contribution < 1.29 is 0 Å². The minimum atomic E-state index is 0.787. The first-order valence-electron chi connectivity index (χ1n) is 5.83. The second-order valence-electron chi connectivity index (χ2n) is 3.99. The fourth-order valence-electron chi connectivity index (χ4n) is 1.69. The molecule has 3 heterocycles. The molecule has 0 aliphatic carbocycles. The molecule has 19 heavy (non-hydrogen) atoms. The highest BCUT2D eigenvalue weighted by atomic mass is 32.1. The van der Waals surface area contributed by atoms with E-state index >= 15 is 0 Å². The zero-order valence-corrected chi connectivity index (χ0v) is 11.2. The Bertz CT molecular complexity index is 744. The van der Waals surface area contributed by atoms with Crippen molar-refractivity contribution >= 4 is 11.3 Å². The van der Waals surface area contributed by atoms with Gasteiger partial charge in [-0.3, -0.25) is 0 Å². The molecule has 3 aromatic heterocycles. The van der Waals surface area contributed by atoms with Gasteiger partial charge in [0.15, 0.2) is 0 Å². The maximum absolute atomic E-state index is 4.33. The van der Waals surface area contributed by atoms with E-state index in [1.54, 1.807) is 23.7 Å². The van der Waals surface area contributed by atoms with E-state index in [0.717, 1.165) is 21.3 Å². The van der Waals surface area contributed by atoms with E-state index < -0.39 is 0 Å². The van der Waals surface area contributed by atoms with Crippen LogP contribution in [0.1, 0.15) is 10.6 Å². The van der Waals surface area contributed by atoms with Crippen molar-refractivity contribution in [1.82, 2.24) is 14.5 Å². The maximum Gasteiger partial charge on any atom is 0.149 e. The summed E-state index contributed by atoms with van der Waals surface area (Å²) in [4.78, 5) is 10.6. The molecule has 0 saturated heterocycles. The number of aryl methyl sites for hydroxylation is 1. The van der Waals surface area contributed by atoms with E-state index in [4.69, 9.17) is 0 Å². The van der Waals surface area contributed by atoms with Crippen LogP contribution < -0.4 is 0 Å². The number of imidazole rings is 1. The highest BCUT2D eigenvalue weighted by Gasteiger charge is 2.05. The van der Waals surface area contributed by atoms with Gasteiger partial charge in [0.2, 0.25) is 0 Å². The van der Waals surface area contributed by atoms with Crippen LogP contribution in [0, 0.1) is 11.8 Å². The molecule has 92 valence electrons. The number of hydrogen-bond acceptors (Lipinski definition) is 3. The van der Waals surface area contributed by atoms with Crippen molar-refractivity contribution in [3.63, 3.8) is 0 Å². The first kappa shape index (κ1) is 11.7. The lowest BCUT2D eigenvalue weighted by Crippen LogP contribution is -1.87. The highest BCUT2D eigenvalue weighted by Crippen LogP contribution is 2.25. The number of aromatic nitrogens is 3. The van der Waals surface area contributed by atoms with Crippen molar-refractivity contribution in [2.75, 3.05) is 0 Å². The van der Waals surface area contributed by atoms with Gasteiger partial charge in [-0.2, -0.15) is 0 Å². The smallest absolute Gasteiger partial charge is 0.149 e. The van der Waals surface area contributed by atoms with Crippen LogP contribution in [0.15, 0.2) is 48.9 Å². The molecular formula is C15H11N3S. The molecule has 0 unspecified atom stereocenters. The van der Waals surface area contributed by atoms with Crippen LogP contribution in [0.2, 0.25) is 0 Å². The molecule has 0 radical (unpaired) electrons. The number of thiophene rings is 1. The summed E-state index contributed by atoms with van der Waals surface area (Å²) >= 11 is 1.64. The van der Waals surface area contributed by atoms with E-state index in [0.29, 0.717) is 0 Å². The Labute approximate surface area is 115 Å². The lowest BCUT2D eigenvalue weighted by Gasteiger charge is -1.95. The maximum atomic E-state index is 4.33. The van der Waals surface area contributed by atoms with Gasteiger partial charge in [0.25, 0.3) is 0 Å². The zero-order valence-electron chi connectivity index (χ0n) is 10.4. The summed E-state index contributed by atoms with van der Waals surface area (Å²) in [7, 11) is 1.99. The van der Waals surface area contributed by atoms with Crippen LogP contribution in [0.25, 0.3) is 10.7 Å². The number of pyridine rings is 1. The van der Waals surface area contributed by atoms with Crippen molar-refractivity contribution in [3.8, 4) is 22.5 Å². The van der Waals surface area contributed by atoms with Gasteiger partial charge in [-0.25, -0.2) is 9.97 Å². The van der Waals surface area contributed by atoms with E-state index in [2.05, 4.69) is 27.9 Å². The highest BCUT2D eigenvalue weighted by molar-refractivity contribution is 7.15. The minimum Gasteiger partial charge on any atom is -0.333 e. The summed E-state index contributed by atoms with van der Waals surface area (Å²) < 4.78 is 2.00. The van der Waals surface area contributed by atoms with Crippen LogP contribution >= 0.6 is 11.3 Å². The summed E-state index contributed by atoms with van der Waals surface area (Å²) in [6.45, 7) is 0. The molecule has 3 nitrogen and oxygen atoms in total. The van der Waals surface area contributed by atoms with Crippen LogP contribution in [0.3, 0.4) is 0 Å². The average molecular weight is 265 g/mol. The summed E-state index contributed by atoms with van der Waals surface area (Å²) in [5, 5.41) is 0. The zero-order chi connectivity index (χ0) is 13.1. The van der Waals surface area contributed by atoms with Gasteiger partial charge in [-0.1, -0.05) is 6.07 Å². The molecule has 0 atom stereocenters. The first-order valence-corrected chi connectivity index (χ1v) is 6.65. The summed E-state index contributed by atoms with van der Waals surface area (Å²) in [5.74, 6) is 7.16. The predicted molar refractivity (Wildman–Crippen MR) is 76.7 cm³/mol. The molecule has 0 saturated carbocycles. The van der Waals surface area contributed by atoms with Crippen molar-refractivity contribution in [3.05, 3.63) is 59.5 Å². The summed E-state index contributed by atoms with van der Waals surface area (Å²) in [6, 6.07) is 9.79. The molecule has 3 aromatic rings. The third-order valence-corrected chi connectivity index (χ3v) is 3.62. The molecule has 0 N–H and O–H groups in total. The fourth-order valence-corrected chi connectivity index (χ4v) is 2.59. The molecule has 0 bridgehead atoms. The van der Waals surface area contributed by atoms with Crippen molar-refractivity contribution in [2.24, 2.45) is 7.05 Å². The van der Waals surface area contributed by atoms with Crippen molar-refractivity contribution in [1.29, 1.82) is 0 Å². The Morgan fingerprint density at radius 2 is 2.00 bits per heavy atom. The molecule has 0 amide bonds. The predicted octanol–water partition coefficient (Wildman–Crippen LogP) is 2.94. The van der Waals surface area contributed by atoms with E-state index in [9.17, 15) is 0 Å². The summed E-state index contributed by atoms with van der Waals surface area (Å²) in [6.07, 6.45) is 5.49. The SMILES string of the molecule is Cn1ccnc1-c1ccc(C#Cc2ccccn2)s1. The van der Waals surface area contributed by atoms with E-state index in [1.807, 2.05) is 42.1 Å². The Hall–Kier alpha value is -2.38. The minimum absolute atomic E-state index is 0.787. The number of hydrogen-bond donors (Lipinski definition) is 0. The van der Waals surface area contributed by atoms with Gasteiger partial charge in [-0.05, 0) is 36.1 Å². The van der Waals surface area contributed by atoms with Gasteiger partial charge in [-0.15, -0.1) is 11.3 Å². The standard InChI is InChI=1S/C15H11N3S/c1-18-11-10-17-15(18)14-8-7-13(19-14)6-5-12-4-2-3-9-16-12/h2-4,7-11H,1H3.